The van der Waals surface area contributed by atoms with Crippen LogP contribution < -0.4 is 11.1 Å². The van der Waals surface area contributed by atoms with Crippen LogP contribution in [0.15, 0.2) is 51.9 Å². The third-order valence-corrected chi connectivity index (χ3v) is 6.57. The second-order valence-corrected chi connectivity index (χ2v) is 9.71. The lowest BCUT2D eigenvalue weighted by Gasteiger charge is -2.09. The van der Waals surface area contributed by atoms with Gasteiger partial charge in [-0.15, -0.1) is 10.2 Å². The normalized spacial score (nSPS) is 12.3. The summed E-state index contributed by atoms with van der Waals surface area (Å²) in [5.74, 6) is -1.20. The van der Waals surface area contributed by atoms with Gasteiger partial charge in [0.05, 0.1) is 33.1 Å². The van der Waals surface area contributed by atoms with Crippen molar-refractivity contribution in [2.24, 2.45) is 0 Å². The van der Waals surface area contributed by atoms with Crippen LogP contribution in [0, 0.1) is 11.6 Å². The molecule has 0 saturated heterocycles. The number of nitrogens with zero attached hydrogens (tertiary/aromatic N) is 4. The Bertz CT molecular complexity index is 1380. The Balaban J connectivity index is 1.67. The van der Waals surface area contributed by atoms with Crippen molar-refractivity contribution in [2.75, 3.05) is 12.8 Å². The molecule has 0 spiro atoms. The maximum absolute atomic E-state index is 14.6. The third kappa shape index (κ3) is 4.70. The van der Waals surface area contributed by atoms with Crippen LogP contribution in [0.1, 0.15) is 19.4 Å². The Morgan fingerprint density at radius 2 is 1.85 bits per heavy atom. The van der Waals surface area contributed by atoms with Crippen molar-refractivity contribution in [3.05, 3.63) is 59.8 Å². The standard InChI is InChI=1S/C23H22F2N6O2S/c1-12(2)34(32)19-7-5-14(9-17(19)25)18-11-28-21(26)20(29-18)23-31-30-22(33-23)15-6-4-13(10-27-3)8-16(15)24/h4-9,11-12,27H,10H2,1-3H3,(H2,26,28). The lowest BCUT2D eigenvalue weighted by Crippen LogP contribution is -2.07. The highest BCUT2D eigenvalue weighted by Gasteiger charge is 2.20. The molecule has 2 heterocycles. The van der Waals surface area contributed by atoms with Crippen molar-refractivity contribution < 1.29 is 17.4 Å². The first-order chi connectivity index (χ1) is 16.3. The molecule has 0 saturated carbocycles. The summed E-state index contributed by atoms with van der Waals surface area (Å²) >= 11 is 0. The number of hydrogen-bond acceptors (Lipinski definition) is 8. The van der Waals surface area contributed by atoms with Crippen molar-refractivity contribution in [3.63, 3.8) is 0 Å². The van der Waals surface area contributed by atoms with Crippen molar-refractivity contribution in [1.29, 1.82) is 0 Å². The molecule has 4 rings (SSSR count). The molecule has 2 aromatic heterocycles. The zero-order valence-corrected chi connectivity index (χ0v) is 19.5. The summed E-state index contributed by atoms with van der Waals surface area (Å²) in [5.41, 5.74) is 7.65. The minimum Gasteiger partial charge on any atom is -0.414 e. The average Bonchev–Trinajstić information content (AvgIpc) is 3.29. The molecular formula is C23H22F2N6O2S. The number of hydrogen-bond donors (Lipinski definition) is 2. The monoisotopic (exact) mass is 484 g/mol. The number of nitrogens with one attached hydrogen (secondary N) is 1. The highest BCUT2D eigenvalue weighted by Crippen LogP contribution is 2.30. The lowest BCUT2D eigenvalue weighted by atomic mass is 10.1. The molecule has 11 heteroatoms. The van der Waals surface area contributed by atoms with E-state index < -0.39 is 22.4 Å². The van der Waals surface area contributed by atoms with Crippen LogP contribution in [0.2, 0.25) is 0 Å². The fourth-order valence-electron chi connectivity index (χ4n) is 3.25. The van der Waals surface area contributed by atoms with Gasteiger partial charge in [0.25, 0.3) is 11.8 Å². The van der Waals surface area contributed by atoms with E-state index in [2.05, 4.69) is 25.5 Å². The minimum atomic E-state index is -1.47. The molecular weight excluding hydrogens is 462 g/mol. The Hall–Kier alpha value is -3.57. The van der Waals surface area contributed by atoms with Crippen LogP contribution in [-0.4, -0.2) is 36.7 Å². The van der Waals surface area contributed by atoms with Gasteiger partial charge in [-0.05, 0) is 36.9 Å². The summed E-state index contributed by atoms with van der Waals surface area (Å²) in [6.07, 6.45) is 1.38. The highest BCUT2D eigenvalue weighted by molar-refractivity contribution is 7.85. The molecule has 0 aliphatic rings. The molecule has 0 amide bonds. The lowest BCUT2D eigenvalue weighted by molar-refractivity contribution is 0.568. The van der Waals surface area contributed by atoms with Gasteiger partial charge >= 0.3 is 0 Å². The Labute approximate surface area is 197 Å². The second-order valence-electron chi connectivity index (χ2n) is 7.74. The molecule has 2 aromatic carbocycles. The first kappa shape index (κ1) is 23.6. The number of anilines is 1. The smallest absolute Gasteiger partial charge is 0.270 e. The minimum absolute atomic E-state index is 0.0155. The topological polar surface area (TPSA) is 120 Å². The second kappa shape index (κ2) is 9.74. The number of nitrogen functional groups attached to an aromatic ring is 1. The summed E-state index contributed by atoms with van der Waals surface area (Å²) in [5, 5.41) is 10.6. The number of halogens is 2. The molecule has 1 atom stereocenters. The summed E-state index contributed by atoms with van der Waals surface area (Å²) in [6.45, 7) is 4.02. The predicted octanol–water partition coefficient (Wildman–Crippen LogP) is 3.96. The average molecular weight is 485 g/mol. The van der Waals surface area contributed by atoms with Gasteiger partial charge in [-0.1, -0.05) is 26.0 Å². The molecule has 34 heavy (non-hydrogen) atoms. The van der Waals surface area contributed by atoms with E-state index in [0.717, 1.165) is 5.56 Å². The summed E-state index contributed by atoms with van der Waals surface area (Å²) in [7, 11) is 0.301. The SMILES string of the molecule is CNCc1ccc(-c2nnc(-c3nc(-c4ccc(S(=O)C(C)C)c(F)c4)cnc3N)o2)c(F)c1. The van der Waals surface area contributed by atoms with Gasteiger partial charge < -0.3 is 15.5 Å². The molecule has 0 radical (unpaired) electrons. The van der Waals surface area contributed by atoms with Gasteiger partial charge in [-0.3, -0.25) is 4.21 Å². The molecule has 3 N–H and O–H groups in total. The van der Waals surface area contributed by atoms with Crippen molar-refractivity contribution in [1.82, 2.24) is 25.5 Å². The first-order valence-electron chi connectivity index (χ1n) is 10.4. The molecule has 176 valence electrons. The van der Waals surface area contributed by atoms with E-state index in [0.29, 0.717) is 17.8 Å². The quantitative estimate of drug-likeness (QED) is 0.405. The molecule has 8 nitrogen and oxygen atoms in total. The van der Waals surface area contributed by atoms with E-state index in [1.807, 2.05) is 0 Å². The maximum Gasteiger partial charge on any atom is 0.270 e. The van der Waals surface area contributed by atoms with Crippen LogP contribution in [0.5, 0.6) is 0 Å². The van der Waals surface area contributed by atoms with Crippen LogP contribution in [0.25, 0.3) is 34.3 Å². The Morgan fingerprint density at radius 3 is 2.53 bits per heavy atom. The van der Waals surface area contributed by atoms with Crippen molar-refractivity contribution in [3.8, 4) is 34.3 Å². The zero-order chi connectivity index (χ0) is 24.4. The third-order valence-electron chi connectivity index (χ3n) is 4.95. The largest absolute Gasteiger partial charge is 0.414 e. The van der Waals surface area contributed by atoms with Crippen molar-refractivity contribution in [2.45, 2.75) is 30.5 Å². The number of rotatable bonds is 7. The summed E-state index contributed by atoms with van der Waals surface area (Å²) < 4.78 is 47.1. The summed E-state index contributed by atoms with van der Waals surface area (Å²) in [4.78, 5) is 8.62. The highest BCUT2D eigenvalue weighted by atomic mass is 32.2. The Morgan fingerprint density at radius 1 is 1.09 bits per heavy atom. The van der Waals surface area contributed by atoms with Crippen LogP contribution in [-0.2, 0) is 17.3 Å². The molecule has 4 aromatic rings. The van der Waals surface area contributed by atoms with Crippen LogP contribution >= 0.6 is 0 Å². The molecule has 0 bridgehead atoms. The maximum atomic E-state index is 14.6. The van der Waals surface area contributed by atoms with Crippen LogP contribution in [0.3, 0.4) is 0 Å². The van der Waals surface area contributed by atoms with Gasteiger partial charge in [0.1, 0.15) is 11.6 Å². The van der Waals surface area contributed by atoms with E-state index >= 15 is 0 Å². The summed E-state index contributed by atoms with van der Waals surface area (Å²) in [6, 6.07) is 8.98. The van der Waals surface area contributed by atoms with Gasteiger partial charge in [-0.2, -0.15) is 0 Å². The molecule has 0 fully saturated rings. The van der Waals surface area contributed by atoms with Gasteiger partial charge in [0, 0.05) is 17.4 Å². The fraction of sp³-hybridized carbons (Fsp3) is 0.217. The van der Waals surface area contributed by atoms with Gasteiger partial charge in [0.2, 0.25) is 0 Å². The van der Waals surface area contributed by atoms with Crippen molar-refractivity contribution >= 4 is 16.6 Å². The van der Waals surface area contributed by atoms with E-state index in [9.17, 15) is 13.0 Å². The fourth-order valence-corrected chi connectivity index (χ4v) is 4.21. The predicted molar refractivity (Wildman–Crippen MR) is 125 cm³/mol. The zero-order valence-electron chi connectivity index (χ0n) is 18.7. The number of aromatic nitrogens is 4. The van der Waals surface area contributed by atoms with E-state index in [4.69, 9.17) is 10.2 Å². The molecule has 1 unspecified atom stereocenters. The van der Waals surface area contributed by atoms with E-state index in [-0.39, 0.29) is 39.0 Å². The first-order valence-corrected chi connectivity index (χ1v) is 11.6. The number of benzene rings is 2. The van der Waals surface area contributed by atoms with Gasteiger partial charge in [-0.25, -0.2) is 18.7 Å². The van der Waals surface area contributed by atoms with E-state index in [1.54, 1.807) is 39.1 Å². The number of nitrogens with two attached hydrogens (primary N) is 1. The molecule has 0 aliphatic heterocycles. The molecule has 0 aliphatic carbocycles. The van der Waals surface area contributed by atoms with Gasteiger partial charge in [0.15, 0.2) is 11.5 Å². The van der Waals surface area contributed by atoms with E-state index in [1.165, 1.54) is 24.4 Å². The Kier molecular flexibility index (Phi) is 6.75. The van der Waals surface area contributed by atoms with Crippen LogP contribution in [0.4, 0.5) is 14.6 Å².